The number of sulfonamides is 1. The number of pyridine rings is 1. The Bertz CT molecular complexity index is 1100. The van der Waals surface area contributed by atoms with Gasteiger partial charge in [0.2, 0.25) is 10.0 Å². The summed E-state index contributed by atoms with van der Waals surface area (Å²) in [5, 5.41) is 0.895. The molecule has 0 amide bonds. The summed E-state index contributed by atoms with van der Waals surface area (Å²) in [7, 11) is -3.69. The average molecular weight is 385 g/mol. The Morgan fingerprint density at radius 2 is 1.74 bits per heavy atom. The van der Waals surface area contributed by atoms with Gasteiger partial charge >= 0.3 is 0 Å². The van der Waals surface area contributed by atoms with Crippen molar-refractivity contribution in [3.05, 3.63) is 76.1 Å². The molecule has 5 nitrogen and oxygen atoms in total. The van der Waals surface area contributed by atoms with Crippen LogP contribution in [-0.4, -0.2) is 24.3 Å². The van der Waals surface area contributed by atoms with Gasteiger partial charge in [0.15, 0.2) is 0 Å². The number of fused-ring (bicyclic) bond motifs is 1. The van der Waals surface area contributed by atoms with Gasteiger partial charge in [0.25, 0.3) is 5.56 Å². The van der Waals surface area contributed by atoms with Gasteiger partial charge in [-0.1, -0.05) is 43.7 Å². The second-order valence-electron chi connectivity index (χ2n) is 7.22. The van der Waals surface area contributed by atoms with E-state index in [2.05, 4.69) is 4.98 Å². The van der Waals surface area contributed by atoms with Gasteiger partial charge in [-0.15, -0.1) is 0 Å². The molecule has 1 heterocycles. The smallest absolute Gasteiger partial charge is 0.252 e. The van der Waals surface area contributed by atoms with Crippen LogP contribution in [0.2, 0.25) is 0 Å². The number of H-pyrrole nitrogens is 1. The summed E-state index contributed by atoms with van der Waals surface area (Å²) < 4.78 is 27.6. The molecule has 0 saturated carbocycles. The third-order valence-corrected chi connectivity index (χ3v) is 6.20. The molecule has 1 aromatic heterocycles. The predicted octanol–water partition coefficient (Wildman–Crippen LogP) is 3.68. The number of hydrogen-bond acceptors (Lipinski definition) is 3. The first-order chi connectivity index (χ1) is 12.8. The van der Waals surface area contributed by atoms with Crippen molar-refractivity contribution in [1.82, 2.24) is 9.29 Å². The average Bonchev–Trinajstić information content (AvgIpc) is 2.62. The van der Waals surface area contributed by atoms with Crippen LogP contribution in [0.15, 0.2) is 64.3 Å². The highest BCUT2D eigenvalue weighted by molar-refractivity contribution is 7.89. The van der Waals surface area contributed by atoms with Crippen molar-refractivity contribution in [3.63, 3.8) is 0 Å². The van der Waals surface area contributed by atoms with Crippen molar-refractivity contribution in [2.45, 2.75) is 32.2 Å². The largest absolute Gasteiger partial charge is 0.322 e. The Morgan fingerprint density at radius 3 is 2.41 bits per heavy atom. The number of aryl methyl sites for hydroxylation is 1. The van der Waals surface area contributed by atoms with Gasteiger partial charge in [0.05, 0.1) is 4.90 Å². The zero-order valence-electron chi connectivity index (χ0n) is 15.8. The first-order valence-corrected chi connectivity index (χ1v) is 10.4. The molecule has 1 N–H and O–H groups in total. The van der Waals surface area contributed by atoms with Crippen LogP contribution in [0.5, 0.6) is 0 Å². The van der Waals surface area contributed by atoms with Crippen molar-refractivity contribution in [2.24, 2.45) is 5.92 Å². The van der Waals surface area contributed by atoms with Crippen molar-refractivity contribution < 1.29 is 8.42 Å². The van der Waals surface area contributed by atoms with Crippen molar-refractivity contribution in [1.29, 1.82) is 0 Å². The molecule has 0 aliphatic carbocycles. The number of nitrogens with one attached hydrogen (secondary N) is 1. The summed E-state index contributed by atoms with van der Waals surface area (Å²) in [6.07, 6.45) is 0. The molecule has 3 aromatic rings. The van der Waals surface area contributed by atoms with Crippen molar-refractivity contribution >= 4 is 20.9 Å². The highest BCUT2D eigenvalue weighted by Crippen LogP contribution is 2.20. The molecule has 0 atom stereocenters. The molecule has 0 radical (unpaired) electrons. The fourth-order valence-corrected chi connectivity index (χ4v) is 4.68. The Balaban J connectivity index is 2.04. The zero-order chi connectivity index (χ0) is 19.6. The molecule has 0 spiro atoms. The minimum Gasteiger partial charge on any atom is -0.322 e. The minimum absolute atomic E-state index is 0.0363. The lowest BCUT2D eigenvalue weighted by Crippen LogP contribution is -2.35. The van der Waals surface area contributed by atoms with E-state index in [9.17, 15) is 13.2 Å². The number of benzene rings is 2. The van der Waals surface area contributed by atoms with Gasteiger partial charge in [-0.25, -0.2) is 8.42 Å². The molecular formula is C21H24N2O3S. The first-order valence-electron chi connectivity index (χ1n) is 8.95. The third kappa shape index (κ3) is 4.28. The quantitative estimate of drug-likeness (QED) is 0.705. The summed E-state index contributed by atoms with van der Waals surface area (Å²) in [6, 6.07) is 15.9. The van der Waals surface area contributed by atoms with Gasteiger partial charge in [0, 0.05) is 24.2 Å². The Hall–Kier alpha value is -2.44. The molecule has 142 valence electrons. The fourth-order valence-electron chi connectivity index (χ4n) is 3.08. The van der Waals surface area contributed by atoms with E-state index < -0.39 is 10.0 Å². The fraction of sp³-hybridized carbons (Fsp3) is 0.286. The molecule has 0 aliphatic heterocycles. The maximum absolute atomic E-state index is 13.1. The summed E-state index contributed by atoms with van der Waals surface area (Å²) in [4.78, 5) is 15.6. The minimum atomic E-state index is -3.69. The standard InChI is InChI=1S/C21H24N2O3S/c1-15(2)13-23(27(25,26)19-7-5-4-6-8-19)14-18-12-17-11-16(3)9-10-20(17)22-21(18)24/h4-12,15H,13-14H2,1-3H3,(H,22,24). The van der Waals surface area contributed by atoms with Crippen molar-refractivity contribution in [3.8, 4) is 0 Å². The number of rotatable bonds is 6. The molecule has 0 unspecified atom stereocenters. The van der Waals surface area contributed by atoms with Crippen LogP contribution in [0.1, 0.15) is 25.0 Å². The number of nitrogens with zero attached hydrogens (tertiary/aromatic N) is 1. The molecule has 2 aromatic carbocycles. The van der Waals surface area contributed by atoms with Crippen molar-refractivity contribution in [2.75, 3.05) is 6.54 Å². The summed E-state index contributed by atoms with van der Waals surface area (Å²) >= 11 is 0. The lowest BCUT2D eigenvalue weighted by Gasteiger charge is -2.24. The molecule has 0 aliphatic rings. The second-order valence-corrected chi connectivity index (χ2v) is 9.16. The van der Waals surface area contributed by atoms with Crippen LogP contribution in [-0.2, 0) is 16.6 Å². The van der Waals surface area contributed by atoms with Crippen LogP contribution in [0.3, 0.4) is 0 Å². The van der Waals surface area contributed by atoms with Crippen LogP contribution in [0, 0.1) is 12.8 Å². The van der Waals surface area contributed by atoms with Crippen LogP contribution >= 0.6 is 0 Å². The Labute approximate surface area is 159 Å². The summed E-state index contributed by atoms with van der Waals surface area (Å²) in [6.45, 7) is 6.27. The zero-order valence-corrected chi connectivity index (χ0v) is 16.6. The lowest BCUT2D eigenvalue weighted by atomic mass is 10.1. The van der Waals surface area contributed by atoms with Gasteiger partial charge in [-0.05, 0) is 48.6 Å². The van der Waals surface area contributed by atoms with Gasteiger partial charge in [-0.2, -0.15) is 4.31 Å². The molecule has 0 fully saturated rings. The van der Waals surface area contributed by atoms with E-state index >= 15 is 0 Å². The van der Waals surface area contributed by atoms with E-state index in [4.69, 9.17) is 0 Å². The van der Waals surface area contributed by atoms with Gasteiger partial charge in [-0.3, -0.25) is 4.79 Å². The maximum atomic E-state index is 13.1. The highest BCUT2D eigenvalue weighted by atomic mass is 32.2. The third-order valence-electron chi connectivity index (χ3n) is 4.37. The molecule has 0 bridgehead atoms. The number of hydrogen-bond donors (Lipinski definition) is 1. The van der Waals surface area contributed by atoms with Crippen LogP contribution in [0.4, 0.5) is 0 Å². The number of aromatic nitrogens is 1. The summed E-state index contributed by atoms with van der Waals surface area (Å²) in [5.74, 6) is 0.130. The maximum Gasteiger partial charge on any atom is 0.252 e. The molecule has 0 saturated heterocycles. The molecule has 6 heteroatoms. The van der Waals surface area contributed by atoms with Gasteiger partial charge < -0.3 is 4.98 Å². The topological polar surface area (TPSA) is 70.2 Å². The van der Waals surface area contributed by atoms with E-state index in [-0.39, 0.29) is 22.9 Å². The Morgan fingerprint density at radius 1 is 1.04 bits per heavy atom. The molecular weight excluding hydrogens is 360 g/mol. The number of aromatic amines is 1. The highest BCUT2D eigenvalue weighted by Gasteiger charge is 2.26. The summed E-state index contributed by atoms with van der Waals surface area (Å²) in [5.41, 5.74) is 2.00. The molecule has 27 heavy (non-hydrogen) atoms. The van der Waals surface area contributed by atoms with Crippen LogP contribution in [0.25, 0.3) is 10.9 Å². The SMILES string of the molecule is Cc1ccc2[nH]c(=O)c(CN(CC(C)C)S(=O)(=O)c3ccccc3)cc2c1. The predicted molar refractivity (Wildman–Crippen MR) is 108 cm³/mol. The van der Waals surface area contributed by atoms with E-state index in [1.165, 1.54) is 4.31 Å². The normalized spacial score (nSPS) is 12.2. The van der Waals surface area contributed by atoms with E-state index in [1.54, 1.807) is 36.4 Å². The Kier molecular flexibility index (Phi) is 5.48. The van der Waals surface area contributed by atoms with E-state index in [1.807, 2.05) is 39.0 Å². The van der Waals surface area contributed by atoms with E-state index in [0.717, 1.165) is 16.5 Å². The lowest BCUT2D eigenvalue weighted by molar-refractivity contribution is 0.361. The monoisotopic (exact) mass is 384 g/mol. The van der Waals surface area contributed by atoms with Crippen LogP contribution < -0.4 is 5.56 Å². The molecule has 3 rings (SSSR count). The first kappa shape index (κ1) is 19.3. The van der Waals surface area contributed by atoms with E-state index in [0.29, 0.717) is 12.1 Å². The second kappa shape index (κ2) is 7.66. The van der Waals surface area contributed by atoms with Gasteiger partial charge in [0.1, 0.15) is 0 Å².